The summed E-state index contributed by atoms with van der Waals surface area (Å²) in [6.07, 6.45) is 1.79. The molecule has 16 heavy (non-hydrogen) atoms. The topological polar surface area (TPSA) is 17.1 Å². The van der Waals surface area contributed by atoms with Crippen molar-refractivity contribution in [2.24, 2.45) is 0 Å². The molecule has 0 bridgehead atoms. The third-order valence-electron chi connectivity index (χ3n) is 2.16. The van der Waals surface area contributed by atoms with Crippen molar-refractivity contribution in [3.8, 4) is 0 Å². The molecular formula is C11H11IOS3. The van der Waals surface area contributed by atoms with Gasteiger partial charge in [-0.05, 0) is 18.4 Å². The Bertz CT molecular complexity index is 413. The van der Waals surface area contributed by atoms with Crippen molar-refractivity contribution in [3.05, 3.63) is 32.7 Å². The first-order valence-corrected chi connectivity index (χ1v) is 9.01. The van der Waals surface area contributed by atoms with Gasteiger partial charge in [-0.1, -0.05) is 28.7 Å². The standard InChI is InChI=1S/C11H11IOS3/c1-11(6-12)7-15-10(16-11)5-8(13)9-3-2-4-14-9/h2-5H,6-7H2,1H3/b10-5-. The van der Waals surface area contributed by atoms with Gasteiger partial charge in [-0.15, -0.1) is 34.9 Å². The second kappa shape index (κ2) is 5.46. The van der Waals surface area contributed by atoms with Crippen LogP contribution in [0.3, 0.4) is 0 Å². The zero-order chi connectivity index (χ0) is 11.6. The van der Waals surface area contributed by atoms with Crippen molar-refractivity contribution < 1.29 is 4.79 Å². The van der Waals surface area contributed by atoms with E-state index >= 15 is 0 Å². The molecule has 1 aromatic heterocycles. The molecule has 2 rings (SSSR count). The van der Waals surface area contributed by atoms with E-state index in [1.54, 1.807) is 17.8 Å². The van der Waals surface area contributed by atoms with Gasteiger partial charge in [0, 0.05) is 25.2 Å². The van der Waals surface area contributed by atoms with Crippen LogP contribution in [0.5, 0.6) is 0 Å². The molecule has 2 heterocycles. The minimum Gasteiger partial charge on any atom is -0.288 e. The van der Waals surface area contributed by atoms with Crippen LogP contribution in [0.2, 0.25) is 0 Å². The minimum absolute atomic E-state index is 0.141. The summed E-state index contributed by atoms with van der Waals surface area (Å²) >= 11 is 7.56. The molecular weight excluding hydrogens is 371 g/mol. The van der Waals surface area contributed by atoms with Gasteiger partial charge in [0.1, 0.15) is 0 Å². The fraction of sp³-hybridized carbons (Fsp3) is 0.364. The second-order valence-corrected chi connectivity index (χ2v) is 8.39. The molecule has 5 heteroatoms. The van der Waals surface area contributed by atoms with Crippen LogP contribution in [-0.2, 0) is 0 Å². The van der Waals surface area contributed by atoms with Crippen molar-refractivity contribution in [3.63, 3.8) is 0 Å². The molecule has 1 aliphatic rings. The highest BCUT2D eigenvalue weighted by molar-refractivity contribution is 14.1. The summed E-state index contributed by atoms with van der Waals surface area (Å²) in [5.74, 6) is 1.24. The predicted molar refractivity (Wildman–Crippen MR) is 84.1 cm³/mol. The summed E-state index contributed by atoms with van der Waals surface area (Å²) in [7, 11) is 0. The predicted octanol–water partition coefficient (Wildman–Crippen LogP) is 4.45. The zero-order valence-corrected chi connectivity index (χ0v) is 13.3. The molecule has 1 aromatic rings. The number of alkyl halides is 1. The minimum atomic E-state index is 0.141. The number of ketones is 1. The van der Waals surface area contributed by atoms with Crippen molar-refractivity contribution >= 4 is 63.2 Å². The summed E-state index contributed by atoms with van der Waals surface area (Å²) in [6, 6.07) is 3.80. The molecule has 1 atom stereocenters. The van der Waals surface area contributed by atoms with E-state index < -0.39 is 0 Å². The van der Waals surface area contributed by atoms with E-state index in [0.29, 0.717) is 4.75 Å². The summed E-state index contributed by atoms with van der Waals surface area (Å²) in [6.45, 7) is 2.26. The maximum atomic E-state index is 11.9. The number of hydrogen-bond acceptors (Lipinski definition) is 4. The second-order valence-electron chi connectivity index (χ2n) is 3.78. The molecule has 0 radical (unpaired) electrons. The third-order valence-corrected chi connectivity index (χ3v) is 8.32. The fourth-order valence-electron chi connectivity index (χ4n) is 1.26. The molecule has 0 N–H and O–H groups in total. The Morgan fingerprint density at radius 3 is 3.06 bits per heavy atom. The van der Waals surface area contributed by atoms with E-state index in [9.17, 15) is 4.79 Å². The van der Waals surface area contributed by atoms with Gasteiger partial charge < -0.3 is 0 Å². The Balaban J connectivity index is 2.07. The average Bonchev–Trinajstić information content (AvgIpc) is 2.88. The molecule has 1 saturated heterocycles. The van der Waals surface area contributed by atoms with Crippen LogP contribution in [0.4, 0.5) is 0 Å². The average molecular weight is 382 g/mol. The lowest BCUT2D eigenvalue weighted by molar-refractivity contribution is 0.105. The van der Waals surface area contributed by atoms with Crippen LogP contribution in [0.15, 0.2) is 27.8 Å². The van der Waals surface area contributed by atoms with E-state index in [0.717, 1.165) is 19.3 Å². The Hall–Kier alpha value is 0.540. The Morgan fingerprint density at radius 2 is 2.50 bits per heavy atom. The van der Waals surface area contributed by atoms with Gasteiger partial charge >= 0.3 is 0 Å². The number of halogens is 1. The first kappa shape index (κ1) is 13.0. The molecule has 0 amide bonds. The maximum Gasteiger partial charge on any atom is 0.197 e. The van der Waals surface area contributed by atoms with Crippen LogP contribution in [-0.4, -0.2) is 20.7 Å². The summed E-state index contributed by atoms with van der Waals surface area (Å²) in [4.78, 5) is 12.7. The summed E-state index contributed by atoms with van der Waals surface area (Å²) in [5.41, 5.74) is 0. The lowest BCUT2D eigenvalue weighted by Crippen LogP contribution is -2.20. The first-order valence-electron chi connectivity index (χ1n) is 4.80. The quantitative estimate of drug-likeness (QED) is 0.333. The van der Waals surface area contributed by atoms with Gasteiger partial charge in [-0.2, -0.15) is 0 Å². The fourth-order valence-corrected chi connectivity index (χ4v) is 5.87. The van der Waals surface area contributed by atoms with Crippen LogP contribution in [0.25, 0.3) is 0 Å². The SMILES string of the molecule is CC1(CI)CS/C(=C/C(=O)c2cccs2)S1. The van der Waals surface area contributed by atoms with E-state index in [1.807, 2.05) is 29.3 Å². The van der Waals surface area contributed by atoms with Gasteiger partial charge in [-0.3, -0.25) is 4.79 Å². The number of thiophene rings is 1. The van der Waals surface area contributed by atoms with Gasteiger partial charge in [0.05, 0.1) is 4.88 Å². The van der Waals surface area contributed by atoms with E-state index in [1.165, 1.54) is 11.3 Å². The van der Waals surface area contributed by atoms with Crippen molar-refractivity contribution in [1.29, 1.82) is 0 Å². The van der Waals surface area contributed by atoms with Crippen molar-refractivity contribution in [2.75, 3.05) is 10.2 Å². The summed E-state index contributed by atoms with van der Waals surface area (Å²) < 4.78 is 2.58. The maximum absolute atomic E-state index is 11.9. The van der Waals surface area contributed by atoms with Gasteiger partial charge in [0.2, 0.25) is 0 Å². The van der Waals surface area contributed by atoms with Crippen LogP contribution in [0, 0.1) is 0 Å². The highest BCUT2D eigenvalue weighted by Gasteiger charge is 2.32. The monoisotopic (exact) mass is 382 g/mol. The smallest absolute Gasteiger partial charge is 0.197 e. The molecule has 0 aromatic carbocycles. The molecule has 86 valence electrons. The van der Waals surface area contributed by atoms with Crippen LogP contribution < -0.4 is 0 Å². The van der Waals surface area contributed by atoms with E-state index in [-0.39, 0.29) is 5.78 Å². The Labute approximate surface area is 122 Å². The Kier molecular flexibility index (Phi) is 4.43. The molecule has 0 saturated carbocycles. The van der Waals surface area contributed by atoms with Gasteiger partial charge in [-0.25, -0.2) is 0 Å². The molecule has 1 aliphatic heterocycles. The van der Waals surface area contributed by atoms with E-state index in [2.05, 4.69) is 29.5 Å². The number of carbonyl (C=O) groups is 1. The molecule has 0 spiro atoms. The lowest BCUT2D eigenvalue weighted by Gasteiger charge is -2.16. The summed E-state index contributed by atoms with van der Waals surface area (Å²) in [5, 5.41) is 1.94. The van der Waals surface area contributed by atoms with Crippen molar-refractivity contribution in [1.82, 2.24) is 0 Å². The van der Waals surface area contributed by atoms with Crippen LogP contribution >= 0.6 is 57.5 Å². The van der Waals surface area contributed by atoms with E-state index in [4.69, 9.17) is 0 Å². The molecule has 0 aliphatic carbocycles. The normalized spacial score (nSPS) is 27.5. The number of thioether (sulfide) groups is 2. The molecule has 1 nitrogen and oxygen atoms in total. The largest absolute Gasteiger partial charge is 0.288 e. The number of carbonyl (C=O) groups excluding carboxylic acids is 1. The van der Waals surface area contributed by atoms with Crippen LogP contribution in [0.1, 0.15) is 16.6 Å². The van der Waals surface area contributed by atoms with Gasteiger partial charge in [0.15, 0.2) is 5.78 Å². The van der Waals surface area contributed by atoms with Gasteiger partial charge in [0.25, 0.3) is 0 Å². The molecule has 1 unspecified atom stereocenters. The Morgan fingerprint density at radius 1 is 1.69 bits per heavy atom. The third kappa shape index (κ3) is 3.05. The first-order chi connectivity index (χ1) is 7.63. The lowest BCUT2D eigenvalue weighted by atomic mass is 10.2. The number of rotatable bonds is 3. The number of hydrogen-bond donors (Lipinski definition) is 0. The highest BCUT2D eigenvalue weighted by atomic mass is 127. The zero-order valence-electron chi connectivity index (χ0n) is 8.73. The highest BCUT2D eigenvalue weighted by Crippen LogP contribution is 2.49. The molecule has 1 fully saturated rings. The van der Waals surface area contributed by atoms with Crippen molar-refractivity contribution in [2.45, 2.75) is 11.7 Å². The number of allylic oxidation sites excluding steroid dienone is 1.